The highest BCUT2D eigenvalue weighted by atomic mass is 28.4. The number of benzene rings is 1. The first-order valence-corrected chi connectivity index (χ1v) is 13.2. The monoisotopic (exact) mass is 425 g/mol. The molecular weight excluding hydrogens is 390 g/mol. The Morgan fingerprint density at radius 1 is 1.10 bits per heavy atom. The summed E-state index contributed by atoms with van der Waals surface area (Å²) in [6.45, 7) is 12.5. The molecule has 3 N–H and O–H groups in total. The number of amides is 1. The van der Waals surface area contributed by atoms with Gasteiger partial charge in [0.15, 0.2) is 13.9 Å². The van der Waals surface area contributed by atoms with E-state index in [-0.39, 0.29) is 6.42 Å². The van der Waals surface area contributed by atoms with Crippen LogP contribution in [-0.4, -0.2) is 53.9 Å². The van der Waals surface area contributed by atoms with Gasteiger partial charge in [0.25, 0.3) is 0 Å². The Morgan fingerprint density at radius 3 is 2.10 bits per heavy atom. The highest BCUT2D eigenvalue weighted by Crippen LogP contribution is 2.23. The summed E-state index contributed by atoms with van der Waals surface area (Å²) >= 11 is 0. The van der Waals surface area contributed by atoms with Crippen LogP contribution in [0.5, 0.6) is 0 Å². The molecule has 8 heteroatoms. The zero-order valence-electron chi connectivity index (χ0n) is 18.5. The van der Waals surface area contributed by atoms with Gasteiger partial charge >= 0.3 is 12.1 Å². The highest BCUT2D eigenvalue weighted by molar-refractivity contribution is 6.69. The summed E-state index contributed by atoms with van der Waals surface area (Å²) in [5.41, 5.74) is -1.72. The second-order valence-corrected chi connectivity index (χ2v) is 14.0. The number of hydrogen-bond acceptors (Lipinski definition) is 5. The minimum Gasteiger partial charge on any atom is -0.479 e. The average Bonchev–Trinajstić information content (AvgIpc) is 2.51. The van der Waals surface area contributed by atoms with Gasteiger partial charge < -0.3 is 24.7 Å². The summed E-state index contributed by atoms with van der Waals surface area (Å²) in [6.07, 6.45) is -1.08. The molecule has 0 heterocycles. The quantitative estimate of drug-likeness (QED) is 0.523. The van der Waals surface area contributed by atoms with Crippen molar-refractivity contribution in [3.05, 3.63) is 35.9 Å². The first kappa shape index (κ1) is 25.1. The van der Waals surface area contributed by atoms with E-state index in [1.165, 1.54) is 6.92 Å². The minimum atomic E-state index is -2.13. The molecule has 0 unspecified atom stereocenters. The molecule has 0 aromatic heterocycles. The summed E-state index contributed by atoms with van der Waals surface area (Å²) in [7, 11) is -2.13. The standard InChI is InChI=1S/C21H35NO6Si/c1-20(2,3)27-19(25)22-16(13-15-11-9-8-10-12-15)17(28-29(5,6)7)14-21(4,26)18(23)24/h8-12,16-17,26H,13-14H2,1-7H3,(H,22,25)(H,23,24)/t16-,17-,21-/m0/s1. The number of aliphatic carboxylic acids is 1. The van der Waals surface area contributed by atoms with Crippen LogP contribution >= 0.6 is 0 Å². The summed E-state index contributed by atoms with van der Waals surface area (Å²) in [5.74, 6) is -1.34. The van der Waals surface area contributed by atoms with E-state index in [1.807, 2.05) is 50.0 Å². The van der Waals surface area contributed by atoms with Crippen LogP contribution in [0.1, 0.15) is 39.7 Å². The van der Waals surface area contributed by atoms with Crippen LogP contribution in [0.2, 0.25) is 19.6 Å². The molecule has 1 rings (SSSR count). The van der Waals surface area contributed by atoms with Crippen molar-refractivity contribution < 1.29 is 29.0 Å². The lowest BCUT2D eigenvalue weighted by Gasteiger charge is -2.36. The van der Waals surface area contributed by atoms with Crippen LogP contribution in [0.3, 0.4) is 0 Å². The Balaban J connectivity index is 3.21. The minimum absolute atomic E-state index is 0.167. The number of aliphatic hydroxyl groups is 1. The predicted molar refractivity (Wildman–Crippen MR) is 114 cm³/mol. The van der Waals surface area contributed by atoms with Crippen LogP contribution in [0.4, 0.5) is 4.79 Å². The number of carbonyl (C=O) groups excluding carboxylic acids is 1. The molecule has 7 nitrogen and oxygen atoms in total. The molecule has 0 spiro atoms. The lowest BCUT2D eigenvalue weighted by molar-refractivity contribution is -0.159. The highest BCUT2D eigenvalue weighted by Gasteiger charge is 2.39. The molecule has 0 aliphatic rings. The number of alkyl carbamates (subject to hydrolysis) is 1. The van der Waals surface area contributed by atoms with Gasteiger partial charge in [-0.2, -0.15) is 0 Å². The van der Waals surface area contributed by atoms with Gasteiger partial charge in [-0.05, 0) is 59.3 Å². The SMILES string of the molecule is CC(C)(C)OC(=O)N[C@@H](Cc1ccccc1)[C@H](C[C@](C)(O)C(=O)O)O[Si](C)(C)C. The lowest BCUT2D eigenvalue weighted by atomic mass is 9.91. The number of hydrogen-bond donors (Lipinski definition) is 3. The number of carboxylic acid groups (broad SMARTS) is 1. The van der Waals surface area contributed by atoms with Crippen molar-refractivity contribution in [2.45, 2.75) is 83.5 Å². The fourth-order valence-corrected chi connectivity index (χ4v) is 3.96. The van der Waals surface area contributed by atoms with Gasteiger partial charge in [0.1, 0.15) is 5.60 Å². The van der Waals surface area contributed by atoms with E-state index < -0.39 is 43.7 Å². The van der Waals surface area contributed by atoms with Gasteiger partial charge in [0.05, 0.1) is 12.1 Å². The Hall–Kier alpha value is -1.90. The van der Waals surface area contributed by atoms with Gasteiger partial charge in [0.2, 0.25) is 0 Å². The van der Waals surface area contributed by atoms with E-state index in [9.17, 15) is 19.8 Å². The number of carboxylic acids is 1. The average molecular weight is 426 g/mol. The first-order valence-electron chi connectivity index (χ1n) is 9.76. The zero-order valence-corrected chi connectivity index (χ0v) is 19.5. The van der Waals surface area contributed by atoms with Gasteiger partial charge in [-0.1, -0.05) is 30.3 Å². The molecule has 0 bridgehead atoms. The van der Waals surface area contributed by atoms with Crippen LogP contribution in [0, 0.1) is 0 Å². The van der Waals surface area contributed by atoms with Crippen molar-refractivity contribution in [3.8, 4) is 0 Å². The Bertz CT molecular complexity index is 679. The van der Waals surface area contributed by atoms with Crippen LogP contribution < -0.4 is 5.32 Å². The molecule has 0 radical (unpaired) electrons. The summed E-state index contributed by atoms with van der Waals surface area (Å²) in [4.78, 5) is 24.0. The Morgan fingerprint density at radius 2 is 1.66 bits per heavy atom. The molecule has 3 atom stereocenters. The van der Waals surface area contributed by atoms with E-state index in [4.69, 9.17) is 9.16 Å². The third kappa shape index (κ3) is 9.91. The second kappa shape index (κ2) is 9.73. The largest absolute Gasteiger partial charge is 0.479 e. The maximum atomic E-state index is 12.5. The molecule has 29 heavy (non-hydrogen) atoms. The van der Waals surface area contributed by atoms with Gasteiger partial charge in [0, 0.05) is 6.42 Å². The zero-order chi connectivity index (χ0) is 22.5. The van der Waals surface area contributed by atoms with Crippen molar-refractivity contribution in [2.75, 3.05) is 0 Å². The molecule has 1 amide bonds. The molecule has 1 aromatic rings. The van der Waals surface area contributed by atoms with Crippen LogP contribution in [0.25, 0.3) is 0 Å². The summed E-state index contributed by atoms with van der Waals surface area (Å²) < 4.78 is 11.6. The normalized spacial score (nSPS) is 16.4. The van der Waals surface area contributed by atoms with Gasteiger partial charge in [-0.25, -0.2) is 9.59 Å². The second-order valence-electron chi connectivity index (χ2n) is 9.49. The maximum Gasteiger partial charge on any atom is 0.407 e. The van der Waals surface area contributed by atoms with Crippen molar-refractivity contribution in [2.24, 2.45) is 0 Å². The van der Waals surface area contributed by atoms with Crippen molar-refractivity contribution in [3.63, 3.8) is 0 Å². The fourth-order valence-electron chi connectivity index (χ4n) is 2.80. The van der Waals surface area contributed by atoms with E-state index in [2.05, 4.69) is 5.32 Å². The van der Waals surface area contributed by atoms with Gasteiger partial charge in [-0.3, -0.25) is 0 Å². The van der Waals surface area contributed by atoms with Crippen LogP contribution in [-0.2, 0) is 20.4 Å². The molecule has 164 valence electrons. The van der Waals surface area contributed by atoms with E-state index >= 15 is 0 Å². The van der Waals surface area contributed by atoms with Crippen molar-refractivity contribution in [1.82, 2.24) is 5.32 Å². The topological polar surface area (TPSA) is 105 Å². The third-order valence-corrected chi connectivity index (χ3v) is 5.02. The summed E-state index contributed by atoms with van der Waals surface area (Å²) in [6, 6.07) is 8.94. The van der Waals surface area contributed by atoms with Crippen LogP contribution in [0.15, 0.2) is 30.3 Å². The molecule has 0 aliphatic carbocycles. The third-order valence-electron chi connectivity index (χ3n) is 4.01. The number of nitrogens with one attached hydrogen (secondary N) is 1. The van der Waals surface area contributed by atoms with E-state index in [1.54, 1.807) is 20.8 Å². The Labute approximate surface area is 174 Å². The summed E-state index contributed by atoms with van der Waals surface area (Å²) in [5, 5.41) is 22.6. The van der Waals surface area contributed by atoms with E-state index in [0.29, 0.717) is 6.42 Å². The first-order chi connectivity index (χ1) is 13.1. The number of rotatable bonds is 9. The molecule has 0 aliphatic heterocycles. The number of carbonyl (C=O) groups is 2. The van der Waals surface area contributed by atoms with Gasteiger partial charge in [-0.15, -0.1) is 0 Å². The fraction of sp³-hybridized carbons (Fsp3) is 0.619. The lowest BCUT2D eigenvalue weighted by Crippen LogP contribution is -2.53. The smallest absolute Gasteiger partial charge is 0.407 e. The predicted octanol–water partition coefficient (Wildman–Crippen LogP) is 3.57. The number of ether oxygens (including phenoxy) is 1. The molecule has 0 saturated carbocycles. The van der Waals surface area contributed by atoms with E-state index in [0.717, 1.165) is 5.56 Å². The molecular formula is C21H35NO6Si. The van der Waals surface area contributed by atoms with Crippen molar-refractivity contribution in [1.29, 1.82) is 0 Å². The van der Waals surface area contributed by atoms with Crippen molar-refractivity contribution >= 4 is 20.4 Å². The Kier molecular flexibility index (Phi) is 8.43. The molecule has 1 aromatic carbocycles. The molecule has 0 fully saturated rings. The molecule has 0 saturated heterocycles. The maximum absolute atomic E-state index is 12.5.